The molecule has 1 atom stereocenters. The maximum atomic E-state index is 13.5. The van der Waals surface area contributed by atoms with Gasteiger partial charge < -0.3 is 9.80 Å². The zero-order valence-electron chi connectivity index (χ0n) is 17.2. The summed E-state index contributed by atoms with van der Waals surface area (Å²) in [5.41, 5.74) is 1.06. The van der Waals surface area contributed by atoms with E-state index in [1.54, 1.807) is 18.5 Å². The van der Waals surface area contributed by atoms with Gasteiger partial charge >= 0.3 is 0 Å². The fraction of sp³-hybridized carbons (Fsp3) is 0.500. The first-order valence-electron chi connectivity index (χ1n) is 11.1. The molecule has 2 saturated heterocycles. The Balaban J connectivity index is 1.33. The predicted molar refractivity (Wildman–Crippen MR) is 113 cm³/mol. The molecule has 1 spiro atoms. The van der Waals surface area contributed by atoms with E-state index in [0.29, 0.717) is 19.0 Å². The number of carbonyl (C=O) groups is 2. The molecule has 0 N–H and O–H groups in total. The van der Waals surface area contributed by atoms with E-state index >= 15 is 0 Å². The zero-order valence-corrected chi connectivity index (χ0v) is 17.2. The van der Waals surface area contributed by atoms with Gasteiger partial charge in [0.1, 0.15) is 0 Å². The third-order valence-corrected chi connectivity index (χ3v) is 7.23. The second kappa shape index (κ2) is 7.82. The first-order chi connectivity index (χ1) is 14.7. The Morgan fingerprint density at radius 2 is 1.60 bits per heavy atom. The number of benzene rings is 1. The van der Waals surface area contributed by atoms with Crippen LogP contribution in [0.15, 0.2) is 48.8 Å². The number of nitrogens with zero attached hydrogens (tertiary/aromatic N) is 4. The van der Waals surface area contributed by atoms with E-state index in [4.69, 9.17) is 0 Å². The molecule has 6 nitrogen and oxygen atoms in total. The lowest BCUT2D eigenvalue weighted by Gasteiger charge is -2.61. The van der Waals surface area contributed by atoms with Gasteiger partial charge in [-0.2, -0.15) is 0 Å². The number of hydrogen-bond donors (Lipinski definition) is 0. The van der Waals surface area contributed by atoms with Crippen LogP contribution in [0.3, 0.4) is 0 Å². The Morgan fingerprint density at radius 3 is 2.27 bits per heavy atom. The molecule has 0 bridgehead atoms. The van der Waals surface area contributed by atoms with E-state index in [2.05, 4.69) is 39.1 Å². The number of β-lactam (4-membered cyclic amide) rings is 1. The third-order valence-electron chi connectivity index (χ3n) is 7.23. The van der Waals surface area contributed by atoms with Crippen molar-refractivity contribution in [2.24, 2.45) is 5.41 Å². The van der Waals surface area contributed by atoms with Gasteiger partial charge in [-0.25, -0.2) is 9.97 Å². The normalized spacial score (nSPS) is 24.0. The van der Waals surface area contributed by atoms with Gasteiger partial charge in [0.25, 0.3) is 5.91 Å². The van der Waals surface area contributed by atoms with Gasteiger partial charge in [0.15, 0.2) is 0 Å². The van der Waals surface area contributed by atoms with Crippen molar-refractivity contribution in [3.63, 3.8) is 0 Å². The van der Waals surface area contributed by atoms with Crippen molar-refractivity contribution in [3.05, 3.63) is 60.2 Å². The lowest BCUT2D eigenvalue weighted by Crippen LogP contribution is -2.67. The van der Waals surface area contributed by atoms with E-state index in [0.717, 1.165) is 38.5 Å². The summed E-state index contributed by atoms with van der Waals surface area (Å²) in [6.07, 6.45) is 10.3. The van der Waals surface area contributed by atoms with E-state index < -0.39 is 0 Å². The van der Waals surface area contributed by atoms with Gasteiger partial charge in [-0.1, -0.05) is 49.6 Å². The van der Waals surface area contributed by atoms with E-state index in [9.17, 15) is 9.59 Å². The number of piperidine rings is 1. The lowest BCUT2D eigenvalue weighted by molar-refractivity contribution is -0.186. The van der Waals surface area contributed by atoms with Crippen LogP contribution in [0.5, 0.6) is 0 Å². The molecule has 30 heavy (non-hydrogen) atoms. The van der Waals surface area contributed by atoms with Crippen LogP contribution in [-0.4, -0.2) is 50.7 Å². The fourth-order valence-electron chi connectivity index (χ4n) is 5.75. The third kappa shape index (κ3) is 3.09. The van der Waals surface area contributed by atoms with Gasteiger partial charge in [0.2, 0.25) is 11.7 Å². The number of amides is 2. The lowest BCUT2D eigenvalue weighted by atomic mass is 9.59. The molecule has 1 unspecified atom stereocenters. The number of carbonyl (C=O) groups excluding carboxylic acids is 2. The van der Waals surface area contributed by atoms with Crippen molar-refractivity contribution < 1.29 is 9.59 Å². The van der Waals surface area contributed by atoms with Crippen LogP contribution in [0, 0.1) is 5.41 Å². The molecule has 1 aliphatic carbocycles. The van der Waals surface area contributed by atoms with E-state index in [-0.39, 0.29) is 29.2 Å². The van der Waals surface area contributed by atoms with E-state index in [1.165, 1.54) is 12.0 Å². The molecular weight excluding hydrogens is 376 g/mol. The van der Waals surface area contributed by atoms with Crippen molar-refractivity contribution in [1.29, 1.82) is 0 Å². The van der Waals surface area contributed by atoms with Crippen molar-refractivity contribution in [2.75, 3.05) is 13.1 Å². The first-order valence-corrected chi connectivity index (χ1v) is 11.1. The molecule has 3 fully saturated rings. The second-order valence-corrected chi connectivity index (χ2v) is 8.84. The molecule has 0 radical (unpaired) electrons. The molecule has 5 rings (SSSR count). The minimum Gasteiger partial charge on any atom is -0.336 e. The molecule has 2 aliphatic heterocycles. The summed E-state index contributed by atoms with van der Waals surface area (Å²) in [6.45, 7) is 1.28. The van der Waals surface area contributed by atoms with E-state index in [1.807, 2.05) is 11.0 Å². The Hall–Kier alpha value is -2.76. The van der Waals surface area contributed by atoms with Crippen molar-refractivity contribution in [3.8, 4) is 0 Å². The number of rotatable bonds is 3. The first kappa shape index (κ1) is 19.2. The molecular formula is C24H28N4O2. The van der Waals surface area contributed by atoms with Crippen molar-refractivity contribution >= 4 is 11.8 Å². The number of likely N-dealkylation sites (tertiary alicyclic amines) is 2. The fourth-order valence-corrected chi connectivity index (χ4v) is 5.75. The molecule has 1 aromatic heterocycles. The second-order valence-electron chi connectivity index (χ2n) is 8.84. The highest BCUT2D eigenvalue weighted by Crippen LogP contribution is 2.59. The van der Waals surface area contributed by atoms with Crippen molar-refractivity contribution in [2.45, 2.75) is 57.0 Å². The molecule has 3 heterocycles. The van der Waals surface area contributed by atoms with Gasteiger partial charge in [0, 0.05) is 31.5 Å². The maximum absolute atomic E-state index is 13.5. The Morgan fingerprint density at radius 1 is 0.933 bits per heavy atom. The minimum absolute atomic E-state index is 0.118. The molecule has 6 heteroatoms. The Kier molecular flexibility index (Phi) is 5.01. The monoisotopic (exact) mass is 404 g/mol. The quantitative estimate of drug-likeness (QED) is 0.733. The van der Waals surface area contributed by atoms with Crippen LogP contribution >= 0.6 is 0 Å². The van der Waals surface area contributed by atoms with Crippen LogP contribution in [0.4, 0.5) is 0 Å². The average molecular weight is 405 g/mol. The molecule has 2 amide bonds. The maximum Gasteiger partial charge on any atom is 0.291 e. The van der Waals surface area contributed by atoms with Gasteiger partial charge in [-0.05, 0) is 37.3 Å². The zero-order chi connectivity index (χ0) is 20.6. The van der Waals surface area contributed by atoms with Crippen molar-refractivity contribution in [1.82, 2.24) is 19.8 Å². The van der Waals surface area contributed by atoms with Gasteiger partial charge in [-0.3, -0.25) is 9.59 Å². The molecule has 3 aliphatic rings. The smallest absolute Gasteiger partial charge is 0.291 e. The predicted octanol–water partition coefficient (Wildman–Crippen LogP) is 3.62. The van der Waals surface area contributed by atoms with Crippen LogP contribution in [-0.2, 0) is 4.79 Å². The summed E-state index contributed by atoms with van der Waals surface area (Å²) >= 11 is 0. The average Bonchev–Trinajstić information content (AvgIpc) is 2.83. The number of hydrogen-bond acceptors (Lipinski definition) is 4. The SMILES string of the molecule is O=C(c1ncccn1)N1CCC(N2C(=O)C3(CCCCC3)C2c2ccccc2)CC1. The summed E-state index contributed by atoms with van der Waals surface area (Å²) in [5.74, 6) is 0.471. The highest BCUT2D eigenvalue weighted by atomic mass is 16.2. The highest BCUT2D eigenvalue weighted by molar-refractivity contribution is 5.92. The summed E-state index contributed by atoms with van der Waals surface area (Å²) in [5, 5.41) is 0. The van der Waals surface area contributed by atoms with Gasteiger partial charge in [-0.15, -0.1) is 0 Å². The summed E-state index contributed by atoms with van der Waals surface area (Å²) < 4.78 is 0. The standard InChI is InChI=1S/C24H28N4O2/c29-22(21-25-14-7-15-26-21)27-16-10-19(11-17-27)28-20(18-8-3-1-4-9-18)24(23(28)30)12-5-2-6-13-24/h1,3-4,7-9,14-15,19-20H,2,5-6,10-13,16-17H2. The molecule has 1 aromatic carbocycles. The minimum atomic E-state index is -0.204. The topological polar surface area (TPSA) is 66.4 Å². The highest BCUT2D eigenvalue weighted by Gasteiger charge is 2.62. The molecule has 156 valence electrons. The van der Waals surface area contributed by atoms with Gasteiger partial charge in [0.05, 0.1) is 11.5 Å². The van der Waals surface area contributed by atoms with Crippen LogP contribution in [0.1, 0.15) is 67.2 Å². The molecule has 2 aromatic rings. The largest absolute Gasteiger partial charge is 0.336 e. The summed E-state index contributed by atoms with van der Waals surface area (Å²) in [7, 11) is 0. The van der Waals surface area contributed by atoms with Crippen LogP contribution < -0.4 is 0 Å². The Labute approximate surface area is 177 Å². The Bertz CT molecular complexity index is 903. The summed E-state index contributed by atoms with van der Waals surface area (Å²) in [4.78, 5) is 38.3. The van der Waals surface area contributed by atoms with Crippen LogP contribution in [0.2, 0.25) is 0 Å². The summed E-state index contributed by atoms with van der Waals surface area (Å²) in [6, 6.07) is 12.6. The van der Waals surface area contributed by atoms with Crippen LogP contribution in [0.25, 0.3) is 0 Å². The number of aromatic nitrogens is 2. The molecule has 1 saturated carbocycles.